The number of nitrogens with one attached hydrogen (secondary N) is 1. The maximum atomic E-state index is 13.0. The second-order valence-electron chi connectivity index (χ2n) is 9.40. The molecule has 2 atom stereocenters. The van der Waals surface area contributed by atoms with Crippen molar-refractivity contribution in [2.24, 2.45) is 5.92 Å². The highest BCUT2D eigenvalue weighted by molar-refractivity contribution is 9.10. The molecule has 2 aromatic carbocycles. The first-order valence-electron chi connectivity index (χ1n) is 12.2. The summed E-state index contributed by atoms with van der Waals surface area (Å²) in [6.45, 7) is 5.25. The van der Waals surface area contributed by atoms with Crippen molar-refractivity contribution in [2.75, 3.05) is 6.54 Å². The lowest BCUT2D eigenvalue weighted by molar-refractivity contribution is -0.138. The Kier molecular flexibility index (Phi) is 9.29. The van der Waals surface area contributed by atoms with E-state index in [0.717, 1.165) is 34.9 Å². The van der Waals surface area contributed by atoms with Gasteiger partial charge in [-0.1, -0.05) is 78.7 Å². The third-order valence-corrected chi connectivity index (χ3v) is 7.41. The molecule has 1 aliphatic rings. The predicted molar refractivity (Wildman–Crippen MR) is 138 cm³/mol. The van der Waals surface area contributed by atoms with Crippen LogP contribution in [0.4, 0.5) is 0 Å². The summed E-state index contributed by atoms with van der Waals surface area (Å²) in [5.74, 6) is 0.123. The van der Waals surface area contributed by atoms with E-state index in [1.54, 1.807) is 4.90 Å². The molecule has 0 bridgehead atoms. The fourth-order valence-electron chi connectivity index (χ4n) is 4.87. The van der Waals surface area contributed by atoms with E-state index in [0.29, 0.717) is 32.4 Å². The van der Waals surface area contributed by atoms with Crippen molar-refractivity contribution in [2.45, 2.75) is 70.4 Å². The second kappa shape index (κ2) is 12.2. The minimum absolute atomic E-state index is 0.0342. The molecule has 180 valence electrons. The largest absolute Gasteiger partial charge is 0.350 e. The molecule has 0 unspecified atom stereocenters. The molecular weight excluding hydrogens is 490 g/mol. The maximum absolute atomic E-state index is 13.0. The summed E-state index contributed by atoms with van der Waals surface area (Å²) in [5.41, 5.74) is 1.51. The molecule has 0 aromatic heterocycles. The van der Waals surface area contributed by atoms with Crippen molar-refractivity contribution >= 4 is 27.7 Å². The van der Waals surface area contributed by atoms with Gasteiger partial charge < -0.3 is 10.2 Å². The summed E-state index contributed by atoms with van der Waals surface area (Å²) < 4.78 is 0.974. The summed E-state index contributed by atoms with van der Waals surface area (Å²) in [7, 11) is 0. The summed E-state index contributed by atoms with van der Waals surface area (Å²) in [5, 5.41) is 13.0. The summed E-state index contributed by atoms with van der Waals surface area (Å²) >= 11 is 3.45. The summed E-state index contributed by atoms with van der Waals surface area (Å²) in [6.07, 6.45) is 4.18. The van der Waals surface area contributed by atoms with Crippen LogP contribution in [0, 0.1) is 17.2 Å². The molecule has 34 heavy (non-hydrogen) atoms. The third-order valence-electron chi connectivity index (χ3n) is 6.92. The van der Waals surface area contributed by atoms with Crippen LogP contribution in [0.1, 0.15) is 63.5 Å². The molecule has 1 fully saturated rings. The molecule has 1 saturated heterocycles. The van der Waals surface area contributed by atoms with Crippen LogP contribution >= 0.6 is 15.9 Å². The molecule has 0 saturated carbocycles. The normalized spacial score (nSPS) is 17.3. The molecular formula is C28H34BrN3O2. The number of rotatable bonds is 10. The predicted octanol–water partition coefficient (Wildman–Crippen LogP) is 5.73. The zero-order chi connectivity index (χ0) is 24.6. The number of hydrogen-bond donors (Lipinski definition) is 1. The molecule has 6 heteroatoms. The van der Waals surface area contributed by atoms with Crippen LogP contribution in [0.3, 0.4) is 0 Å². The number of carbonyl (C=O) groups excluding carboxylic acids is 2. The molecule has 0 spiro atoms. The van der Waals surface area contributed by atoms with Gasteiger partial charge in [-0.3, -0.25) is 9.59 Å². The highest BCUT2D eigenvalue weighted by atomic mass is 79.9. The van der Waals surface area contributed by atoms with Crippen molar-refractivity contribution in [3.05, 3.63) is 70.2 Å². The first-order chi connectivity index (χ1) is 16.4. The topological polar surface area (TPSA) is 73.2 Å². The van der Waals surface area contributed by atoms with Gasteiger partial charge in [-0.25, -0.2) is 0 Å². The number of benzene rings is 2. The van der Waals surface area contributed by atoms with Gasteiger partial charge in [-0.15, -0.1) is 0 Å². The van der Waals surface area contributed by atoms with E-state index >= 15 is 0 Å². The van der Waals surface area contributed by atoms with E-state index < -0.39 is 11.5 Å². The molecule has 2 aromatic rings. The molecule has 0 radical (unpaired) electrons. The zero-order valence-corrected chi connectivity index (χ0v) is 21.7. The maximum Gasteiger partial charge on any atom is 0.243 e. The number of likely N-dealkylation sites (tertiary alicyclic amines) is 1. The molecule has 0 aliphatic carbocycles. The fraction of sp³-hybridized carbons (Fsp3) is 0.464. The van der Waals surface area contributed by atoms with Crippen LogP contribution in [0.5, 0.6) is 0 Å². The number of unbranched alkanes of at least 4 members (excludes halogenated alkanes) is 1. The van der Waals surface area contributed by atoms with Crippen LogP contribution in [-0.2, 0) is 21.5 Å². The van der Waals surface area contributed by atoms with Crippen molar-refractivity contribution in [1.82, 2.24) is 10.2 Å². The van der Waals surface area contributed by atoms with Gasteiger partial charge in [0.05, 0.1) is 11.5 Å². The highest BCUT2D eigenvalue weighted by Gasteiger charge is 2.36. The Hall–Kier alpha value is -2.65. The Balaban J connectivity index is 1.51. The van der Waals surface area contributed by atoms with Gasteiger partial charge in [0.15, 0.2) is 0 Å². The number of nitrogens with zero attached hydrogens (tertiary/aromatic N) is 2. The Bertz CT molecular complexity index is 1020. The van der Waals surface area contributed by atoms with E-state index in [1.165, 1.54) is 0 Å². The first kappa shape index (κ1) is 26.0. The van der Waals surface area contributed by atoms with E-state index in [-0.39, 0.29) is 17.7 Å². The Morgan fingerprint density at radius 3 is 2.62 bits per heavy atom. The van der Waals surface area contributed by atoms with Crippen molar-refractivity contribution in [3.63, 3.8) is 0 Å². The van der Waals surface area contributed by atoms with Crippen molar-refractivity contribution < 1.29 is 9.59 Å². The van der Waals surface area contributed by atoms with Crippen molar-refractivity contribution in [3.8, 4) is 6.07 Å². The summed E-state index contributed by atoms with van der Waals surface area (Å²) in [6, 6.07) is 20.0. The number of nitriles is 1. The van der Waals surface area contributed by atoms with Gasteiger partial charge in [0.1, 0.15) is 6.04 Å². The Labute approximate surface area is 211 Å². The van der Waals surface area contributed by atoms with Crippen LogP contribution in [0.25, 0.3) is 0 Å². The van der Waals surface area contributed by atoms with Crippen LogP contribution in [0.15, 0.2) is 59.1 Å². The molecule has 1 N–H and O–H groups in total. The summed E-state index contributed by atoms with van der Waals surface area (Å²) in [4.78, 5) is 27.5. The Morgan fingerprint density at radius 2 is 1.94 bits per heavy atom. The van der Waals surface area contributed by atoms with E-state index in [2.05, 4.69) is 41.2 Å². The van der Waals surface area contributed by atoms with Crippen LogP contribution in [-0.4, -0.2) is 29.3 Å². The number of halogens is 1. The van der Waals surface area contributed by atoms with Gasteiger partial charge in [0.2, 0.25) is 11.8 Å². The smallest absolute Gasteiger partial charge is 0.243 e. The van der Waals surface area contributed by atoms with Crippen molar-refractivity contribution in [1.29, 1.82) is 5.26 Å². The Morgan fingerprint density at radius 1 is 1.18 bits per heavy atom. The zero-order valence-electron chi connectivity index (χ0n) is 20.1. The second-order valence-corrected chi connectivity index (χ2v) is 10.3. The molecule has 2 amide bonds. The van der Waals surface area contributed by atoms with Crippen LogP contribution < -0.4 is 5.32 Å². The average molecular weight is 525 g/mol. The monoisotopic (exact) mass is 523 g/mol. The number of carbonyl (C=O) groups is 2. The SMILES string of the molecule is CC(C)[C@@](C#N)(CCCCC(=O)N1CCC[C@@H]1C(=O)NCc1cccc(Br)c1)c1ccccc1. The minimum Gasteiger partial charge on any atom is -0.350 e. The fourth-order valence-corrected chi connectivity index (χ4v) is 5.31. The van der Waals surface area contributed by atoms with Gasteiger partial charge >= 0.3 is 0 Å². The van der Waals surface area contributed by atoms with Crippen LogP contribution in [0.2, 0.25) is 0 Å². The van der Waals surface area contributed by atoms with Gasteiger partial charge in [-0.05, 0) is 54.9 Å². The average Bonchev–Trinajstić information content (AvgIpc) is 3.33. The number of hydrogen-bond acceptors (Lipinski definition) is 3. The van der Waals surface area contributed by atoms with Gasteiger partial charge in [0.25, 0.3) is 0 Å². The molecule has 1 aliphatic heterocycles. The molecule has 3 rings (SSSR count). The molecule has 5 nitrogen and oxygen atoms in total. The number of amides is 2. The lowest BCUT2D eigenvalue weighted by Crippen LogP contribution is -2.45. The minimum atomic E-state index is -0.549. The third kappa shape index (κ3) is 6.27. The van der Waals surface area contributed by atoms with E-state index in [9.17, 15) is 14.9 Å². The van der Waals surface area contributed by atoms with Gasteiger partial charge in [0, 0.05) is 24.0 Å². The highest BCUT2D eigenvalue weighted by Crippen LogP contribution is 2.37. The van der Waals surface area contributed by atoms with E-state index in [4.69, 9.17) is 0 Å². The molecule has 1 heterocycles. The van der Waals surface area contributed by atoms with E-state index in [1.807, 2.05) is 54.6 Å². The quantitative estimate of drug-likeness (QED) is 0.403. The standard InChI is InChI=1S/C28H34BrN3O2/c1-21(2)28(20-30,23-11-4-3-5-12-23)16-7-6-15-26(33)32-17-9-14-25(32)27(34)31-19-22-10-8-13-24(29)18-22/h3-5,8,10-13,18,21,25H,6-7,9,14-17,19H2,1-2H3,(H,31,34)/t25-,28+/m1/s1. The lowest BCUT2D eigenvalue weighted by Gasteiger charge is -2.31. The van der Waals surface area contributed by atoms with Gasteiger partial charge in [-0.2, -0.15) is 5.26 Å². The lowest BCUT2D eigenvalue weighted by atomic mass is 9.69. The first-order valence-corrected chi connectivity index (χ1v) is 12.9.